The van der Waals surface area contributed by atoms with Crippen molar-refractivity contribution in [1.82, 2.24) is 4.90 Å². The number of carbonyl (C=O) groups excluding carboxylic acids is 1. The van der Waals surface area contributed by atoms with Crippen LogP contribution in [-0.2, 0) is 9.59 Å². The molecule has 1 atom stereocenters. The molecule has 0 bridgehead atoms. The third kappa shape index (κ3) is 3.59. The Balaban J connectivity index is 1.91. The van der Waals surface area contributed by atoms with E-state index in [1.807, 2.05) is 26.8 Å². The normalized spacial score (nSPS) is 17.6. The van der Waals surface area contributed by atoms with Crippen molar-refractivity contribution in [3.63, 3.8) is 0 Å². The number of carboxylic acid groups (broad SMARTS) is 1. The fraction of sp³-hybridized carbons (Fsp3) is 0.529. The van der Waals surface area contributed by atoms with Gasteiger partial charge in [-0.3, -0.25) is 4.79 Å². The molecule has 1 aliphatic rings. The van der Waals surface area contributed by atoms with Crippen LogP contribution in [-0.4, -0.2) is 41.1 Å². The molecule has 1 aromatic carbocycles. The summed E-state index contributed by atoms with van der Waals surface area (Å²) in [5.74, 6) is -0.273. The van der Waals surface area contributed by atoms with Crippen LogP contribution in [0, 0.1) is 20.8 Å². The second-order valence-corrected chi connectivity index (χ2v) is 5.89. The number of hydrogen-bond donors (Lipinski definition) is 1. The summed E-state index contributed by atoms with van der Waals surface area (Å²) < 4.78 is 5.73. The molecule has 0 aromatic heterocycles. The number of ether oxygens (including phenoxy) is 1. The van der Waals surface area contributed by atoms with Crippen molar-refractivity contribution in [3.8, 4) is 5.75 Å². The maximum Gasteiger partial charge on any atom is 0.326 e. The molecule has 1 aromatic rings. The maximum absolute atomic E-state index is 12.2. The first-order chi connectivity index (χ1) is 10.4. The van der Waals surface area contributed by atoms with Gasteiger partial charge in [0.25, 0.3) is 0 Å². The predicted molar refractivity (Wildman–Crippen MR) is 83.1 cm³/mol. The van der Waals surface area contributed by atoms with Crippen LogP contribution in [0.25, 0.3) is 0 Å². The minimum Gasteiger partial charge on any atom is -0.493 e. The number of aryl methyl sites for hydroxylation is 2. The van der Waals surface area contributed by atoms with Crippen LogP contribution < -0.4 is 4.74 Å². The third-order valence-corrected chi connectivity index (χ3v) is 4.20. The first-order valence-corrected chi connectivity index (χ1v) is 7.63. The topological polar surface area (TPSA) is 66.8 Å². The Bertz CT molecular complexity index is 582. The molecule has 0 radical (unpaired) electrons. The van der Waals surface area contributed by atoms with E-state index in [-0.39, 0.29) is 18.9 Å². The lowest BCUT2D eigenvalue weighted by molar-refractivity contribution is -0.148. The highest BCUT2D eigenvalue weighted by molar-refractivity contribution is 5.84. The van der Waals surface area contributed by atoms with E-state index < -0.39 is 12.0 Å². The Morgan fingerprint density at radius 1 is 1.32 bits per heavy atom. The number of likely N-dealkylation sites (tertiary alicyclic amines) is 1. The third-order valence-electron chi connectivity index (χ3n) is 4.20. The van der Waals surface area contributed by atoms with Crippen molar-refractivity contribution in [2.24, 2.45) is 0 Å². The van der Waals surface area contributed by atoms with Crippen molar-refractivity contribution in [3.05, 3.63) is 28.8 Å². The number of rotatable bonds is 5. The second kappa shape index (κ2) is 6.81. The first-order valence-electron chi connectivity index (χ1n) is 7.63. The molecule has 1 fully saturated rings. The molecule has 22 heavy (non-hydrogen) atoms. The summed E-state index contributed by atoms with van der Waals surface area (Å²) in [7, 11) is 0. The van der Waals surface area contributed by atoms with Crippen LogP contribution in [0.15, 0.2) is 12.1 Å². The van der Waals surface area contributed by atoms with E-state index >= 15 is 0 Å². The minimum absolute atomic E-state index is 0.146. The molecule has 1 N–H and O–H groups in total. The Labute approximate surface area is 130 Å². The van der Waals surface area contributed by atoms with E-state index in [0.717, 1.165) is 28.9 Å². The minimum atomic E-state index is -0.920. The molecule has 0 aliphatic carbocycles. The van der Waals surface area contributed by atoms with Crippen molar-refractivity contribution < 1.29 is 19.4 Å². The number of carbonyl (C=O) groups is 2. The van der Waals surface area contributed by atoms with Crippen LogP contribution in [0.3, 0.4) is 0 Å². The van der Waals surface area contributed by atoms with Gasteiger partial charge in [0, 0.05) is 6.54 Å². The van der Waals surface area contributed by atoms with Crippen molar-refractivity contribution in [2.45, 2.75) is 46.1 Å². The number of hydrogen-bond acceptors (Lipinski definition) is 3. The van der Waals surface area contributed by atoms with E-state index in [4.69, 9.17) is 9.84 Å². The van der Waals surface area contributed by atoms with Crippen molar-refractivity contribution in [2.75, 3.05) is 13.2 Å². The van der Waals surface area contributed by atoms with E-state index in [9.17, 15) is 9.59 Å². The number of aliphatic carboxylic acids is 1. The SMILES string of the molecule is Cc1cc(C)c(C)c(OCCC(=O)N2CCCC2C(=O)O)c1. The summed E-state index contributed by atoms with van der Waals surface area (Å²) in [6.07, 6.45) is 1.49. The number of benzene rings is 1. The highest BCUT2D eigenvalue weighted by atomic mass is 16.5. The van der Waals surface area contributed by atoms with Gasteiger partial charge in [0.1, 0.15) is 11.8 Å². The van der Waals surface area contributed by atoms with Gasteiger partial charge in [-0.25, -0.2) is 4.79 Å². The summed E-state index contributed by atoms with van der Waals surface area (Å²) in [6.45, 7) is 6.82. The zero-order chi connectivity index (χ0) is 16.3. The molecule has 0 spiro atoms. The van der Waals surface area contributed by atoms with Gasteiger partial charge >= 0.3 is 5.97 Å². The molecule has 1 unspecified atom stereocenters. The summed E-state index contributed by atoms with van der Waals surface area (Å²) in [4.78, 5) is 24.7. The highest BCUT2D eigenvalue weighted by Gasteiger charge is 2.33. The van der Waals surface area contributed by atoms with Gasteiger partial charge in [-0.2, -0.15) is 0 Å². The van der Waals surface area contributed by atoms with Crippen molar-refractivity contribution >= 4 is 11.9 Å². The molecule has 1 saturated heterocycles. The number of nitrogens with zero attached hydrogens (tertiary/aromatic N) is 1. The summed E-state index contributed by atoms with van der Waals surface area (Å²) in [5.41, 5.74) is 3.35. The fourth-order valence-electron chi connectivity index (χ4n) is 2.86. The Kier molecular flexibility index (Phi) is 5.06. The van der Waals surface area contributed by atoms with Crippen LogP contribution in [0.1, 0.15) is 36.0 Å². The number of amides is 1. The molecule has 120 valence electrons. The lowest BCUT2D eigenvalue weighted by atomic mass is 10.1. The van der Waals surface area contributed by atoms with Crippen LogP contribution in [0.2, 0.25) is 0 Å². The van der Waals surface area contributed by atoms with Gasteiger partial charge in [0.2, 0.25) is 5.91 Å². The highest BCUT2D eigenvalue weighted by Crippen LogP contribution is 2.24. The summed E-state index contributed by atoms with van der Waals surface area (Å²) in [6, 6.07) is 3.38. The van der Waals surface area contributed by atoms with Crippen molar-refractivity contribution in [1.29, 1.82) is 0 Å². The molecule has 1 aliphatic heterocycles. The average Bonchev–Trinajstić information content (AvgIpc) is 2.93. The molecular formula is C17H23NO4. The standard InChI is InChI=1S/C17H23NO4/c1-11-9-12(2)13(3)15(10-11)22-8-6-16(19)18-7-4-5-14(18)17(20)21/h9-10,14H,4-8H2,1-3H3,(H,20,21). The molecule has 1 amide bonds. The zero-order valence-corrected chi connectivity index (χ0v) is 13.4. The largest absolute Gasteiger partial charge is 0.493 e. The Hall–Kier alpha value is -2.04. The van der Waals surface area contributed by atoms with Gasteiger partial charge in [-0.05, 0) is 56.4 Å². The smallest absolute Gasteiger partial charge is 0.326 e. The van der Waals surface area contributed by atoms with Gasteiger partial charge in [-0.1, -0.05) is 6.07 Å². The predicted octanol–water partition coefficient (Wildman–Crippen LogP) is 2.46. The molecule has 0 saturated carbocycles. The summed E-state index contributed by atoms with van der Waals surface area (Å²) >= 11 is 0. The quantitative estimate of drug-likeness (QED) is 0.907. The first kappa shape index (κ1) is 16.3. The van der Waals surface area contributed by atoms with Crippen LogP contribution in [0.5, 0.6) is 5.75 Å². The number of carboxylic acids is 1. The zero-order valence-electron chi connectivity index (χ0n) is 13.4. The molecule has 1 heterocycles. The van der Waals surface area contributed by atoms with E-state index in [1.165, 1.54) is 4.90 Å². The molecular weight excluding hydrogens is 282 g/mol. The van der Waals surface area contributed by atoms with Gasteiger partial charge < -0.3 is 14.7 Å². The van der Waals surface area contributed by atoms with E-state index in [1.54, 1.807) is 0 Å². The lowest BCUT2D eigenvalue weighted by Gasteiger charge is -2.21. The Morgan fingerprint density at radius 3 is 2.73 bits per heavy atom. The molecule has 2 rings (SSSR count). The fourth-order valence-corrected chi connectivity index (χ4v) is 2.86. The summed E-state index contributed by atoms with van der Waals surface area (Å²) in [5, 5.41) is 9.11. The monoisotopic (exact) mass is 305 g/mol. The van der Waals surface area contributed by atoms with E-state index in [0.29, 0.717) is 13.0 Å². The van der Waals surface area contributed by atoms with Gasteiger partial charge in [0.05, 0.1) is 13.0 Å². The Morgan fingerprint density at radius 2 is 2.05 bits per heavy atom. The van der Waals surface area contributed by atoms with Gasteiger partial charge in [0.15, 0.2) is 0 Å². The van der Waals surface area contributed by atoms with E-state index in [2.05, 4.69) is 6.07 Å². The molecule has 5 nitrogen and oxygen atoms in total. The maximum atomic E-state index is 12.2. The second-order valence-electron chi connectivity index (χ2n) is 5.89. The van der Waals surface area contributed by atoms with Crippen LogP contribution in [0.4, 0.5) is 0 Å². The molecule has 5 heteroatoms. The average molecular weight is 305 g/mol. The van der Waals surface area contributed by atoms with Gasteiger partial charge in [-0.15, -0.1) is 0 Å². The van der Waals surface area contributed by atoms with Crippen LogP contribution >= 0.6 is 0 Å². The lowest BCUT2D eigenvalue weighted by Crippen LogP contribution is -2.40.